The van der Waals surface area contributed by atoms with Gasteiger partial charge in [-0.15, -0.1) is 11.3 Å². The Hall–Kier alpha value is -3.47. The molecule has 0 spiro atoms. The molecule has 0 bridgehead atoms. The second-order valence-electron chi connectivity index (χ2n) is 5.97. The molecule has 0 unspecified atom stereocenters. The number of para-hydroxylation sites is 1. The van der Waals surface area contributed by atoms with Gasteiger partial charge >= 0.3 is 5.63 Å². The zero-order chi connectivity index (χ0) is 20.4. The maximum atomic E-state index is 13.3. The quantitative estimate of drug-likeness (QED) is 0.337. The molecular weight excluding hydrogens is 413 g/mol. The molecule has 0 saturated carbocycles. The van der Waals surface area contributed by atoms with Crippen LogP contribution in [0.25, 0.3) is 27.8 Å². The van der Waals surface area contributed by atoms with Crippen molar-refractivity contribution < 1.29 is 8.81 Å². The number of nitrogens with zero attached hydrogens (tertiary/aromatic N) is 2. The van der Waals surface area contributed by atoms with Gasteiger partial charge in [-0.05, 0) is 30.3 Å². The van der Waals surface area contributed by atoms with E-state index >= 15 is 0 Å². The van der Waals surface area contributed by atoms with Gasteiger partial charge in [-0.1, -0.05) is 29.8 Å². The third-order valence-electron chi connectivity index (χ3n) is 4.08. The zero-order valence-electron chi connectivity index (χ0n) is 14.6. The molecule has 0 saturated heterocycles. The lowest BCUT2D eigenvalue weighted by Gasteiger charge is -2.02. The lowest BCUT2D eigenvalue weighted by atomic mass is 10.1. The third-order valence-corrected chi connectivity index (χ3v) is 5.24. The van der Waals surface area contributed by atoms with Crippen molar-refractivity contribution in [1.82, 2.24) is 4.98 Å². The molecule has 0 aliphatic heterocycles. The zero-order valence-corrected chi connectivity index (χ0v) is 16.2. The highest BCUT2D eigenvalue weighted by Crippen LogP contribution is 2.27. The maximum absolute atomic E-state index is 13.3. The van der Waals surface area contributed by atoms with E-state index in [1.165, 1.54) is 35.7 Å². The van der Waals surface area contributed by atoms with Crippen LogP contribution < -0.4 is 10.9 Å². The van der Waals surface area contributed by atoms with Crippen LogP contribution in [0.5, 0.6) is 0 Å². The summed E-state index contributed by atoms with van der Waals surface area (Å²) in [5.74, 6) is -0.527. The van der Waals surface area contributed by atoms with Gasteiger partial charge < -0.3 is 9.73 Å². The van der Waals surface area contributed by atoms with Gasteiger partial charge in [0.05, 0.1) is 16.3 Å². The summed E-state index contributed by atoms with van der Waals surface area (Å²) in [6, 6.07) is 15.1. The van der Waals surface area contributed by atoms with Gasteiger partial charge in [-0.2, -0.15) is 5.26 Å². The number of anilines is 1. The fourth-order valence-electron chi connectivity index (χ4n) is 2.64. The van der Waals surface area contributed by atoms with Gasteiger partial charge in [0.2, 0.25) is 0 Å². The van der Waals surface area contributed by atoms with Crippen LogP contribution in [0.2, 0.25) is 5.02 Å². The number of hydrogen-bond acceptors (Lipinski definition) is 6. The first-order chi connectivity index (χ1) is 14.0. The lowest BCUT2D eigenvalue weighted by molar-refractivity contribution is 0.563. The van der Waals surface area contributed by atoms with Crippen LogP contribution in [0.4, 0.5) is 10.1 Å². The molecule has 2 heterocycles. The van der Waals surface area contributed by atoms with Crippen LogP contribution in [0, 0.1) is 17.1 Å². The predicted molar refractivity (Wildman–Crippen MR) is 112 cm³/mol. The number of aromatic nitrogens is 1. The Bertz CT molecular complexity index is 1350. The van der Waals surface area contributed by atoms with Gasteiger partial charge in [0, 0.05) is 22.7 Å². The van der Waals surface area contributed by atoms with Crippen LogP contribution in [-0.2, 0) is 0 Å². The molecule has 5 nitrogen and oxygen atoms in total. The largest absolute Gasteiger partial charge is 0.422 e. The summed E-state index contributed by atoms with van der Waals surface area (Å²) in [7, 11) is 0. The van der Waals surface area contributed by atoms with Crippen molar-refractivity contribution >= 4 is 45.2 Å². The van der Waals surface area contributed by atoms with E-state index in [-0.39, 0.29) is 10.6 Å². The number of halogens is 2. The number of rotatable bonds is 4. The van der Waals surface area contributed by atoms with Gasteiger partial charge in [0.15, 0.2) is 0 Å². The van der Waals surface area contributed by atoms with Crippen molar-refractivity contribution in [3.05, 3.63) is 86.4 Å². The second kappa shape index (κ2) is 7.87. The number of fused-ring (bicyclic) bond motifs is 1. The first-order valence-electron chi connectivity index (χ1n) is 8.36. The number of nitrogens with one attached hydrogen (secondary N) is 1. The number of thiazole rings is 1. The van der Waals surface area contributed by atoms with Crippen molar-refractivity contribution in [2.24, 2.45) is 0 Å². The highest BCUT2D eigenvalue weighted by Gasteiger charge is 2.13. The molecule has 29 heavy (non-hydrogen) atoms. The summed E-state index contributed by atoms with van der Waals surface area (Å²) in [6.45, 7) is 0. The fourth-order valence-corrected chi connectivity index (χ4v) is 3.61. The Labute approximate surface area is 173 Å². The molecular formula is C21H11ClFN3O2S. The van der Waals surface area contributed by atoms with Crippen LogP contribution in [0.15, 0.2) is 69.3 Å². The van der Waals surface area contributed by atoms with Crippen LogP contribution in [0.3, 0.4) is 0 Å². The molecule has 4 rings (SSSR count). The Morgan fingerprint density at radius 3 is 2.90 bits per heavy atom. The molecule has 2 aromatic heterocycles. The Morgan fingerprint density at radius 1 is 1.28 bits per heavy atom. The summed E-state index contributed by atoms with van der Waals surface area (Å²) < 4.78 is 18.6. The monoisotopic (exact) mass is 423 g/mol. The molecule has 0 amide bonds. The number of nitriles is 1. The van der Waals surface area contributed by atoms with E-state index < -0.39 is 11.4 Å². The van der Waals surface area contributed by atoms with E-state index in [1.54, 1.807) is 23.6 Å². The van der Waals surface area contributed by atoms with Crippen LogP contribution in [0.1, 0.15) is 5.01 Å². The number of benzene rings is 2. The van der Waals surface area contributed by atoms with Crippen molar-refractivity contribution in [2.45, 2.75) is 0 Å². The minimum atomic E-state index is -0.527. The molecule has 8 heteroatoms. The van der Waals surface area contributed by atoms with Gasteiger partial charge in [-0.25, -0.2) is 14.2 Å². The second-order valence-corrected chi connectivity index (χ2v) is 7.23. The Morgan fingerprint density at radius 2 is 2.10 bits per heavy atom. The Kier molecular flexibility index (Phi) is 5.12. The van der Waals surface area contributed by atoms with Crippen LogP contribution >= 0.6 is 22.9 Å². The minimum Gasteiger partial charge on any atom is -0.422 e. The molecule has 0 radical (unpaired) electrons. The van der Waals surface area contributed by atoms with Gasteiger partial charge in [-0.3, -0.25) is 0 Å². The van der Waals surface area contributed by atoms with Crippen molar-refractivity contribution in [1.29, 1.82) is 5.26 Å². The average molecular weight is 424 g/mol. The van der Waals surface area contributed by atoms with Crippen LogP contribution in [-0.4, -0.2) is 4.98 Å². The smallest absolute Gasteiger partial charge is 0.345 e. The standard InChI is InChI=1S/C21H11ClFN3O2S/c22-16-8-14(5-6-17(16)23)25-10-13(9-24)20-26-18(11-29-20)15-7-12-3-1-2-4-19(12)28-21(15)27/h1-8,10-11,25H/b13-10-. The molecule has 0 fully saturated rings. The van der Waals surface area contributed by atoms with Crippen molar-refractivity contribution in [3.8, 4) is 17.3 Å². The SMILES string of the molecule is N#C/C(=C/Nc1ccc(F)c(Cl)c1)c1nc(-c2cc3ccccc3oc2=O)cs1. The van der Waals surface area contributed by atoms with Gasteiger partial charge in [0.1, 0.15) is 28.1 Å². The topological polar surface area (TPSA) is 78.9 Å². The maximum Gasteiger partial charge on any atom is 0.345 e. The molecule has 142 valence electrons. The number of allylic oxidation sites excluding steroid dienone is 1. The van der Waals surface area contributed by atoms with E-state index in [9.17, 15) is 14.4 Å². The Balaban J connectivity index is 1.65. The summed E-state index contributed by atoms with van der Waals surface area (Å²) in [4.78, 5) is 16.7. The summed E-state index contributed by atoms with van der Waals surface area (Å²) in [5.41, 5.74) is 1.53. The van der Waals surface area contributed by atoms with Gasteiger partial charge in [0.25, 0.3) is 0 Å². The molecule has 0 atom stereocenters. The van der Waals surface area contributed by atoms with E-state index in [2.05, 4.69) is 16.4 Å². The number of hydrogen-bond donors (Lipinski definition) is 1. The van der Waals surface area contributed by atoms with E-state index in [1.807, 2.05) is 12.1 Å². The third kappa shape index (κ3) is 3.90. The summed E-state index contributed by atoms with van der Waals surface area (Å²) in [6.07, 6.45) is 1.45. The highest BCUT2D eigenvalue weighted by molar-refractivity contribution is 7.11. The fraction of sp³-hybridized carbons (Fsp3) is 0. The van der Waals surface area contributed by atoms with E-state index in [4.69, 9.17) is 16.0 Å². The lowest BCUT2D eigenvalue weighted by Crippen LogP contribution is -2.02. The first kappa shape index (κ1) is 18.9. The predicted octanol–water partition coefficient (Wildman–Crippen LogP) is 5.69. The van der Waals surface area contributed by atoms with Crippen molar-refractivity contribution in [3.63, 3.8) is 0 Å². The molecule has 4 aromatic rings. The normalized spacial score (nSPS) is 11.4. The molecule has 0 aliphatic carbocycles. The molecule has 0 aliphatic rings. The van der Waals surface area contributed by atoms with E-state index in [0.29, 0.717) is 27.5 Å². The summed E-state index contributed by atoms with van der Waals surface area (Å²) in [5, 5.41) is 15.2. The van der Waals surface area contributed by atoms with Crippen molar-refractivity contribution in [2.75, 3.05) is 5.32 Å². The molecule has 1 N–H and O–H groups in total. The first-order valence-corrected chi connectivity index (χ1v) is 9.62. The summed E-state index contributed by atoms with van der Waals surface area (Å²) >= 11 is 6.98. The average Bonchev–Trinajstić information content (AvgIpc) is 3.20. The highest BCUT2D eigenvalue weighted by atomic mass is 35.5. The molecule has 2 aromatic carbocycles. The minimum absolute atomic E-state index is 0.0264. The van der Waals surface area contributed by atoms with E-state index in [0.717, 1.165) is 5.39 Å².